The standard InChI is InChI=1S/C32H28N2.C7H11N.C2H6/c1-33-29-18-23-32(24-19-29)34(31-21-16-28(17-22-31)26-11-6-3-7-12-26)30-14-8-13-27(15-20-30)25-9-4-2-5-10-25;1-3-5-6-7(8)4-2;1-2/h2-12,14-24,33H,13H2,1H3;3-6H,2,8H2,1H3;1-2H3/b;5-3-,7-6+;. The van der Waals surface area contributed by atoms with Crippen LogP contribution in [0.1, 0.15) is 32.8 Å². The Morgan fingerprint density at radius 3 is 1.84 bits per heavy atom. The molecule has 3 nitrogen and oxygen atoms in total. The van der Waals surface area contributed by atoms with Gasteiger partial charge >= 0.3 is 0 Å². The fourth-order valence-electron chi connectivity index (χ4n) is 4.56. The number of anilines is 3. The quantitative estimate of drug-likeness (QED) is 0.204. The summed E-state index contributed by atoms with van der Waals surface area (Å²) >= 11 is 0. The third-order valence-corrected chi connectivity index (χ3v) is 6.85. The number of nitrogens with zero attached hydrogens (tertiary/aromatic N) is 1. The minimum Gasteiger partial charge on any atom is -0.399 e. The van der Waals surface area contributed by atoms with Crippen molar-refractivity contribution < 1.29 is 0 Å². The van der Waals surface area contributed by atoms with Crippen LogP contribution in [0.3, 0.4) is 0 Å². The molecule has 0 saturated heterocycles. The van der Waals surface area contributed by atoms with Crippen LogP contribution in [0.2, 0.25) is 0 Å². The van der Waals surface area contributed by atoms with Crippen LogP contribution in [0.4, 0.5) is 17.1 Å². The summed E-state index contributed by atoms with van der Waals surface area (Å²) in [5, 5.41) is 3.22. The monoisotopic (exact) mass is 579 g/mol. The molecule has 0 spiro atoms. The molecule has 224 valence electrons. The van der Waals surface area contributed by atoms with Gasteiger partial charge in [-0.25, -0.2) is 0 Å². The van der Waals surface area contributed by atoms with Crippen LogP contribution >= 0.6 is 0 Å². The van der Waals surface area contributed by atoms with Gasteiger partial charge in [0.25, 0.3) is 0 Å². The fourth-order valence-corrected chi connectivity index (χ4v) is 4.56. The van der Waals surface area contributed by atoms with Crippen LogP contribution in [0.25, 0.3) is 16.7 Å². The molecule has 1 aliphatic rings. The topological polar surface area (TPSA) is 41.3 Å². The first-order chi connectivity index (χ1) is 21.6. The van der Waals surface area contributed by atoms with E-state index in [-0.39, 0.29) is 0 Å². The van der Waals surface area contributed by atoms with E-state index < -0.39 is 0 Å². The predicted octanol–water partition coefficient (Wildman–Crippen LogP) is 11.1. The Labute approximate surface area is 264 Å². The molecular weight excluding hydrogens is 534 g/mol. The summed E-state index contributed by atoms with van der Waals surface area (Å²) in [6, 6.07) is 38.5. The zero-order chi connectivity index (χ0) is 31.6. The molecule has 44 heavy (non-hydrogen) atoms. The van der Waals surface area contributed by atoms with Crippen molar-refractivity contribution in [3.05, 3.63) is 181 Å². The van der Waals surface area contributed by atoms with Crippen molar-refractivity contribution in [3.63, 3.8) is 0 Å². The first-order valence-electron chi connectivity index (χ1n) is 15.2. The van der Waals surface area contributed by atoms with Crippen molar-refractivity contribution >= 4 is 22.6 Å². The molecule has 0 aromatic heterocycles. The first kappa shape index (κ1) is 33.2. The van der Waals surface area contributed by atoms with E-state index in [0.717, 1.165) is 29.2 Å². The SMILES string of the molecule is C=C/C(N)=C\C=C/C.CC.CNc1ccc(N(C2=CC=C(c3ccccc3)CC=C2)c2ccc(-c3ccccc3)cc2)cc1. The molecule has 1 aliphatic carbocycles. The zero-order valence-corrected chi connectivity index (χ0v) is 26.4. The summed E-state index contributed by atoms with van der Waals surface area (Å²) in [5.41, 5.74) is 15.6. The highest BCUT2D eigenvalue weighted by molar-refractivity contribution is 5.76. The number of hydrogen-bond donors (Lipinski definition) is 2. The molecule has 0 heterocycles. The molecule has 0 fully saturated rings. The van der Waals surface area contributed by atoms with Crippen LogP contribution in [-0.4, -0.2) is 7.05 Å². The summed E-state index contributed by atoms with van der Waals surface area (Å²) in [6.07, 6.45) is 17.1. The molecule has 0 bridgehead atoms. The molecule has 0 unspecified atom stereocenters. The lowest BCUT2D eigenvalue weighted by atomic mass is 10.0. The number of allylic oxidation sites excluding steroid dienone is 9. The summed E-state index contributed by atoms with van der Waals surface area (Å²) in [4.78, 5) is 2.31. The minimum absolute atomic E-state index is 0.697. The molecule has 3 N–H and O–H groups in total. The Kier molecular flexibility index (Phi) is 13.8. The molecule has 5 rings (SSSR count). The Morgan fingerprint density at radius 2 is 1.30 bits per heavy atom. The highest BCUT2D eigenvalue weighted by Crippen LogP contribution is 2.34. The van der Waals surface area contributed by atoms with Crippen LogP contribution in [0.5, 0.6) is 0 Å². The molecule has 3 heteroatoms. The van der Waals surface area contributed by atoms with Crippen LogP contribution in [0, 0.1) is 0 Å². The molecule has 0 radical (unpaired) electrons. The smallest absolute Gasteiger partial charge is 0.0463 e. The van der Waals surface area contributed by atoms with Gasteiger partial charge < -0.3 is 16.0 Å². The second kappa shape index (κ2) is 18.3. The van der Waals surface area contributed by atoms with Gasteiger partial charge in [-0.1, -0.05) is 118 Å². The van der Waals surface area contributed by atoms with Crippen molar-refractivity contribution in [1.82, 2.24) is 0 Å². The van der Waals surface area contributed by atoms with Crippen LogP contribution in [-0.2, 0) is 0 Å². The molecule has 4 aromatic rings. The van der Waals surface area contributed by atoms with E-state index in [4.69, 9.17) is 5.73 Å². The third-order valence-electron chi connectivity index (χ3n) is 6.85. The summed E-state index contributed by atoms with van der Waals surface area (Å²) in [7, 11) is 1.95. The summed E-state index contributed by atoms with van der Waals surface area (Å²) in [5.74, 6) is 0. The van der Waals surface area contributed by atoms with Crippen LogP contribution < -0.4 is 16.0 Å². The van der Waals surface area contributed by atoms with E-state index in [1.807, 2.05) is 40.0 Å². The van der Waals surface area contributed by atoms with Gasteiger partial charge in [-0.3, -0.25) is 0 Å². The number of rotatable bonds is 8. The highest BCUT2D eigenvalue weighted by atomic mass is 15.1. The van der Waals surface area contributed by atoms with Gasteiger partial charge in [0.05, 0.1) is 0 Å². The number of benzene rings is 4. The van der Waals surface area contributed by atoms with Crippen molar-refractivity contribution in [2.75, 3.05) is 17.3 Å². The highest BCUT2D eigenvalue weighted by Gasteiger charge is 2.15. The number of nitrogens with two attached hydrogens (primary N) is 1. The fraction of sp³-hybridized carbons (Fsp3) is 0.122. The number of hydrogen-bond acceptors (Lipinski definition) is 3. The largest absolute Gasteiger partial charge is 0.399 e. The van der Waals surface area contributed by atoms with Crippen molar-refractivity contribution in [3.8, 4) is 11.1 Å². The maximum atomic E-state index is 5.35. The molecule has 4 aromatic carbocycles. The molecule has 0 saturated carbocycles. The van der Waals surface area contributed by atoms with Gasteiger partial charge in [-0.05, 0) is 96.3 Å². The average molecular weight is 580 g/mol. The number of nitrogens with one attached hydrogen (secondary N) is 1. The van der Waals surface area contributed by atoms with Gasteiger partial charge in [-0.2, -0.15) is 0 Å². The van der Waals surface area contributed by atoms with E-state index >= 15 is 0 Å². The van der Waals surface area contributed by atoms with E-state index in [9.17, 15) is 0 Å². The molecular formula is C41H45N3. The van der Waals surface area contributed by atoms with Gasteiger partial charge in [0, 0.05) is 35.5 Å². The zero-order valence-electron chi connectivity index (χ0n) is 26.4. The first-order valence-corrected chi connectivity index (χ1v) is 15.2. The molecule has 0 amide bonds. The van der Waals surface area contributed by atoms with Gasteiger partial charge in [-0.15, -0.1) is 0 Å². The summed E-state index contributed by atoms with van der Waals surface area (Å²) in [6.45, 7) is 9.42. The predicted molar refractivity (Wildman–Crippen MR) is 195 cm³/mol. The lowest BCUT2D eigenvalue weighted by Gasteiger charge is -2.26. The Morgan fingerprint density at radius 1 is 0.750 bits per heavy atom. The van der Waals surface area contributed by atoms with E-state index in [1.54, 1.807) is 12.2 Å². The minimum atomic E-state index is 0.697. The van der Waals surface area contributed by atoms with E-state index in [0.29, 0.717) is 5.70 Å². The molecule has 0 atom stereocenters. The third kappa shape index (κ3) is 9.64. The lowest BCUT2D eigenvalue weighted by molar-refractivity contribution is 1.21. The Hall–Kier alpha value is -5.28. The maximum Gasteiger partial charge on any atom is 0.0463 e. The maximum absolute atomic E-state index is 5.35. The van der Waals surface area contributed by atoms with Gasteiger partial charge in [0.1, 0.15) is 0 Å². The Bertz CT molecular complexity index is 1570. The second-order valence-electron chi connectivity index (χ2n) is 9.70. The van der Waals surface area contributed by atoms with Crippen LogP contribution in [0.15, 0.2) is 176 Å². The second-order valence-corrected chi connectivity index (χ2v) is 9.70. The van der Waals surface area contributed by atoms with E-state index in [2.05, 4.69) is 150 Å². The van der Waals surface area contributed by atoms with Crippen molar-refractivity contribution in [1.29, 1.82) is 0 Å². The summed E-state index contributed by atoms with van der Waals surface area (Å²) < 4.78 is 0. The average Bonchev–Trinajstić information content (AvgIpc) is 3.36. The van der Waals surface area contributed by atoms with Gasteiger partial charge in [0.2, 0.25) is 0 Å². The molecule has 0 aliphatic heterocycles. The van der Waals surface area contributed by atoms with Gasteiger partial charge in [0.15, 0.2) is 0 Å². The lowest BCUT2D eigenvalue weighted by Crippen LogP contribution is -2.15. The Balaban J connectivity index is 0.000000462. The van der Waals surface area contributed by atoms with E-state index in [1.165, 1.54) is 22.3 Å². The van der Waals surface area contributed by atoms with Crippen molar-refractivity contribution in [2.24, 2.45) is 5.73 Å². The normalized spacial score (nSPS) is 12.4. The van der Waals surface area contributed by atoms with Crippen molar-refractivity contribution in [2.45, 2.75) is 27.2 Å².